The van der Waals surface area contributed by atoms with Gasteiger partial charge in [-0.05, 0) is 56.3 Å². The third-order valence-corrected chi connectivity index (χ3v) is 8.03. The number of phosphoric acid groups is 1. The van der Waals surface area contributed by atoms with Gasteiger partial charge in [-0.1, -0.05) is 105 Å². The van der Waals surface area contributed by atoms with Gasteiger partial charge in [0.05, 0.1) is 6.61 Å². The second-order valence-corrected chi connectivity index (χ2v) is 10.9. The van der Waals surface area contributed by atoms with Gasteiger partial charge in [0.2, 0.25) is 0 Å². The van der Waals surface area contributed by atoms with Crippen molar-refractivity contribution in [3.8, 4) is 0 Å². The van der Waals surface area contributed by atoms with Crippen LogP contribution in [0, 0.1) is 0 Å². The van der Waals surface area contributed by atoms with E-state index in [0.717, 1.165) is 26.1 Å². The van der Waals surface area contributed by atoms with Crippen LogP contribution in [0.2, 0.25) is 0 Å². The summed E-state index contributed by atoms with van der Waals surface area (Å²) >= 11 is 0. The number of benzene rings is 3. The van der Waals surface area contributed by atoms with Crippen LogP contribution in [0.1, 0.15) is 26.7 Å². The Balaban J connectivity index is 0.000000248. The number of nitrogens with zero attached hydrogens (tertiary/aromatic N) is 1. The summed E-state index contributed by atoms with van der Waals surface area (Å²) in [5.74, 6) is 0. The Morgan fingerprint density at radius 1 is 0.727 bits per heavy atom. The van der Waals surface area contributed by atoms with Crippen molar-refractivity contribution in [2.75, 3.05) is 26.2 Å². The Kier molecular flexibility index (Phi) is 12.6. The van der Waals surface area contributed by atoms with Crippen molar-refractivity contribution in [3.63, 3.8) is 0 Å². The third kappa shape index (κ3) is 10.8. The van der Waals surface area contributed by atoms with Crippen LogP contribution in [0.5, 0.6) is 0 Å². The largest absolute Gasteiger partial charge is 0.469 e. The molecule has 3 aromatic rings. The van der Waals surface area contributed by atoms with Gasteiger partial charge in [0.1, 0.15) is 0 Å². The molecule has 7 heteroatoms. The Morgan fingerprint density at radius 2 is 1.12 bits per heavy atom. The number of unbranched alkanes of at least 4 members (excludes halogenated alkanes) is 1. The topological polar surface area (TPSA) is 70.0 Å². The molecule has 0 aliphatic heterocycles. The van der Waals surface area contributed by atoms with Crippen LogP contribution >= 0.6 is 15.7 Å². The minimum atomic E-state index is -4.26. The maximum absolute atomic E-state index is 10.3. The van der Waals surface area contributed by atoms with Crippen molar-refractivity contribution >= 4 is 31.7 Å². The maximum Gasteiger partial charge on any atom is 0.469 e. The van der Waals surface area contributed by atoms with E-state index in [9.17, 15) is 4.57 Å². The van der Waals surface area contributed by atoms with E-state index in [-0.39, 0.29) is 6.61 Å². The molecule has 0 saturated heterocycles. The van der Waals surface area contributed by atoms with Gasteiger partial charge in [0, 0.05) is 0 Å². The molecule has 0 aromatic heterocycles. The van der Waals surface area contributed by atoms with E-state index in [1.165, 1.54) is 15.9 Å². The minimum Gasteiger partial charge on any atom is -0.304 e. The minimum absolute atomic E-state index is 0.131. The molecule has 2 N–H and O–H groups in total. The molecular formula is C26H35NO4P2. The summed E-state index contributed by atoms with van der Waals surface area (Å²) in [6.07, 6.45) is 1.59. The SMILES string of the molecule is CCN(CC)CCCCOP(=O)(O)O.c1ccc(P(c2ccccc2)c2ccccc2)cc1. The zero-order valence-corrected chi connectivity index (χ0v) is 21.2. The van der Waals surface area contributed by atoms with Crippen molar-refractivity contribution in [2.24, 2.45) is 0 Å². The highest BCUT2D eigenvalue weighted by Gasteiger charge is 2.15. The lowest BCUT2D eigenvalue weighted by Gasteiger charge is -2.18. The summed E-state index contributed by atoms with van der Waals surface area (Å²) in [4.78, 5) is 19.1. The van der Waals surface area contributed by atoms with Gasteiger partial charge in [-0.2, -0.15) is 0 Å². The average Bonchev–Trinajstić information content (AvgIpc) is 2.83. The van der Waals surface area contributed by atoms with E-state index in [1.807, 2.05) is 0 Å². The molecule has 0 unspecified atom stereocenters. The van der Waals surface area contributed by atoms with E-state index >= 15 is 0 Å². The van der Waals surface area contributed by atoms with Crippen LogP contribution in [0.25, 0.3) is 0 Å². The van der Waals surface area contributed by atoms with Crippen molar-refractivity contribution in [3.05, 3.63) is 91.0 Å². The monoisotopic (exact) mass is 487 g/mol. The zero-order chi connectivity index (χ0) is 23.9. The van der Waals surface area contributed by atoms with Gasteiger partial charge in [0.25, 0.3) is 0 Å². The van der Waals surface area contributed by atoms with Crippen LogP contribution in [-0.4, -0.2) is 40.9 Å². The molecule has 0 aliphatic rings. The van der Waals surface area contributed by atoms with Crippen LogP contribution in [0.4, 0.5) is 0 Å². The average molecular weight is 488 g/mol. The van der Waals surface area contributed by atoms with E-state index in [1.54, 1.807) is 0 Å². The Hall–Kier alpha value is -1.84. The molecule has 0 saturated carbocycles. The van der Waals surface area contributed by atoms with Gasteiger partial charge >= 0.3 is 7.82 Å². The first-order valence-electron chi connectivity index (χ1n) is 11.3. The van der Waals surface area contributed by atoms with Crippen molar-refractivity contribution in [1.82, 2.24) is 4.90 Å². The molecule has 5 nitrogen and oxygen atoms in total. The molecule has 0 fully saturated rings. The highest BCUT2D eigenvalue weighted by atomic mass is 31.2. The predicted octanol–water partition coefficient (Wildman–Crippen LogP) is 4.66. The lowest BCUT2D eigenvalue weighted by atomic mass is 10.3. The summed E-state index contributed by atoms with van der Waals surface area (Å²) < 4.78 is 14.6. The van der Waals surface area contributed by atoms with Gasteiger partial charge in [-0.25, -0.2) is 4.57 Å². The molecule has 0 atom stereocenters. The smallest absolute Gasteiger partial charge is 0.304 e. The molecule has 3 rings (SSSR count). The molecule has 0 amide bonds. The van der Waals surface area contributed by atoms with Gasteiger partial charge < -0.3 is 14.7 Å². The molecule has 0 spiro atoms. The standard InChI is InChI=1S/C18H15P.C8H20NO4P/c1-4-10-16(11-5-1)19(17-12-6-2-7-13-17)18-14-8-3-9-15-18;1-3-9(4-2)7-5-6-8-13-14(10,11)12/h1-15H;3-8H2,1-2H3,(H2,10,11,12). The summed E-state index contributed by atoms with van der Waals surface area (Å²) in [7, 11) is -4.70. The predicted molar refractivity (Wildman–Crippen MR) is 140 cm³/mol. The van der Waals surface area contributed by atoms with Crippen molar-refractivity contribution < 1.29 is 18.9 Å². The Bertz CT molecular complexity index is 838. The van der Waals surface area contributed by atoms with Crippen LogP contribution in [0.15, 0.2) is 91.0 Å². The zero-order valence-electron chi connectivity index (χ0n) is 19.5. The van der Waals surface area contributed by atoms with E-state index in [4.69, 9.17) is 9.79 Å². The fourth-order valence-electron chi connectivity index (χ4n) is 3.34. The first-order chi connectivity index (χ1) is 15.9. The lowest BCUT2D eigenvalue weighted by Crippen LogP contribution is -2.24. The van der Waals surface area contributed by atoms with Crippen molar-refractivity contribution in [2.45, 2.75) is 26.7 Å². The summed E-state index contributed by atoms with van der Waals surface area (Å²) in [6, 6.07) is 32.3. The van der Waals surface area contributed by atoms with Crippen LogP contribution in [-0.2, 0) is 9.09 Å². The van der Waals surface area contributed by atoms with E-state index < -0.39 is 15.7 Å². The van der Waals surface area contributed by atoms with Gasteiger partial charge in [-0.3, -0.25) is 4.52 Å². The Morgan fingerprint density at radius 3 is 1.45 bits per heavy atom. The fraction of sp³-hybridized carbons (Fsp3) is 0.308. The first kappa shape index (κ1) is 27.4. The molecule has 178 valence electrons. The summed E-state index contributed by atoms with van der Waals surface area (Å²) in [5.41, 5.74) is 0. The molecule has 3 aromatic carbocycles. The van der Waals surface area contributed by atoms with E-state index in [0.29, 0.717) is 6.42 Å². The summed E-state index contributed by atoms with van der Waals surface area (Å²) in [6.45, 7) is 7.29. The van der Waals surface area contributed by atoms with Crippen molar-refractivity contribution in [1.29, 1.82) is 0 Å². The summed E-state index contributed by atoms with van der Waals surface area (Å²) in [5, 5.41) is 4.19. The highest BCUT2D eigenvalue weighted by molar-refractivity contribution is 7.79. The highest BCUT2D eigenvalue weighted by Crippen LogP contribution is 2.35. The molecule has 0 radical (unpaired) electrons. The molecule has 33 heavy (non-hydrogen) atoms. The number of hydrogen-bond acceptors (Lipinski definition) is 3. The van der Waals surface area contributed by atoms with E-state index in [2.05, 4.69) is 114 Å². The molecule has 0 bridgehead atoms. The lowest BCUT2D eigenvalue weighted by molar-refractivity contribution is 0.189. The first-order valence-corrected chi connectivity index (χ1v) is 14.2. The number of rotatable bonds is 11. The number of hydrogen-bond donors (Lipinski definition) is 2. The maximum atomic E-state index is 10.3. The number of phosphoric ester groups is 1. The molecular weight excluding hydrogens is 452 g/mol. The van der Waals surface area contributed by atoms with Gasteiger partial charge in [-0.15, -0.1) is 0 Å². The normalized spacial score (nSPS) is 11.3. The van der Waals surface area contributed by atoms with Crippen LogP contribution < -0.4 is 15.9 Å². The molecule has 0 aliphatic carbocycles. The second-order valence-electron chi connectivity index (χ2n) is 7.40. The van der Waals surface area contributed by atoms with Crippen LogP contribution in [0.3, 0.4) is 0 Å². The quantitative estimate of drug-likeness (QED) is 0.304. The third-order valence-electron chi connectivity index (χ3n) is 5.07. The second kappa shape index (κ2) is 15.1. The fourth-order valence-corrected chi connectivity index (χ4v) is 6.01. The Labute approximate surface area is 199 Å². The van der Waals surface area contributed by atoms with Gasteiger partial charge in [0.15, 0.2) is 0 Å². The molecule has 0 heterocycles.